The Hall–Kier alpha value is -1.02. The van der Waals surface area contributed by atoms with Gasteiger partial charge in [0.05, 0.1) is 19.8 Å². The van der Waals surface area contributed by atoms with E-state index in [1.165, 1.54) is 89.9 Å². The van der Waals surface area contributed by atoms with Gasteiger partial charge in [-0.15, -0.1) is 0 Å². The van der Waals surface area contributed by atoms with Crippen molar-refractivity contribution in [2.75, 3.05) is 33.0 Å². The van der Waals surface area contributed by atoms with Crippen LogP contribution in [-0.2, 0) is 27.9 Å². The summed E-state index contributed by atoms with van der Waals surface area (Å²) in [4.78, 5) is 22.1. The average Bonchev–Trinajstić information content (AvgIpc) is 2.99. The topological polar surface area (TPSA) is 117 Å². The van der Waals surface area contributed by atoms with Crippen molar-refractivity contribution in [1.29, 1.82) is 0 Å². The number of carbonyl (C=O) groups excluding carboxylic acids is 1. The van der Waals surface area contributed by atoms with Crippen LogP contribution in [-0.4, -0.2) is 49.9 Å². The highest BCUT2D eigenvalue weighted by molar-refractivity contribution is 7.47. The van der Waals surface area contributed by atoms with E-state index >= 15 is 0 Å². The van der Waals surface area contributed by atoms with Gasteiger partial charge in [0.2, 0.25) is 0 Å². The molecule has 43 heavy (non-hydrogen) atoms. The molecule has 0 aromatic rings. The smallest absolute Gasteiger partial charge is 0.457 e. The number of rotatable bonds is 33. The third-order valence-electron chi connectivity index (χ3n) is 7.12. The summed E-state index contributed by atoms with van der Waals surface area (Å²) in [6, 6.07) is 0. The predicted octanol–water partition coefficient (Wildman–Crippen LogP) is 9.35. The molecule has 0 aliphatic carbocycles. The summed E-state index contributed by atoms with van der Waals surface area (Å²) >= 11 is 0. The number of ether oxygens (including phenoxy) is 2. The fourth-order valence-electron chi connectivity index (χ4n) is 4.55. The van der Waals surface area contributed by atoms with Crippen molar-refractivity contribution in [2.45, 2.75) is 155 Å². The molecule has 8 nitrogen and oxygen atoms in total. The molecule has 0 saturated heterocycles. The summed E-state index contributed by atoms with van der Waals surface area (Å²) in [6.45, 7) is 4.81. The van der Waals surface area contributed by atoms with Crippen LogP contribution < -0.4 is 5.73 Å². The summed E-state index contributed by atoms with van der Waals surface area (Å²) in [5, 5.41) is 0. The van der Waals surface area contributed by atoms with Gasteiger partial charge >= 0.3 is 13.8 Å². The first-order valence-corrected chi connectivity index (χ1v) is 18.8. The van der Waals surface area contributed by atoms with E-state index in [0.29, 0.717) is 13.0 Å². The van der Waals surface area contributed by atoms with Crippen molar-refractivity contribution >= 4 is 13.8 Å². The SMILES string of the molecule is CCCCC/C=C\C/C=C\CCCCCCCCCCOCC(COP(=O)(O)OCCN)OC(=O)CCCCCCCC. The number of hydrogen-bond donors (Lipinski definition) is 2. The summed E-state index contributed by atoms with van der Waals surface area (Å²) in [5.74, 6) is -0.343. The first kappa shape index (κ1) is 42.0. The summed E-state index contributed by atoms with van der Waals surface area (Å²) in [7, 11) is -4.26. The van der Waals surface area contributed by atoms with E-state index in [0.717, 1.165) is 38.5 Å². The number of phosphoric ester groups is 1. The van der Waals surface area contributed by atoms with E-state index in [1.807, 2.05) is 0 Å². The molecule has 0 rings (SSSR count). The zero-order valence-corrected chi connectivity index (χ0v) is 28.6. The van der Waals surface area contributed by atoms with Crippen LogP contribution in [0.4, 0.5) is 0 Å². The molecule has 2 atom stereocenters. The van der Waals surface area contributed by atoms with Crippen LogP contribution in [0.2, 0.25) is 0 Å². The Balaban J connectivity index is 3.98. The molecule has 0 aliphatic heterocycles. The lowest BCUT2D eigenvalue weighted by Crippen LogP contribution is -2.28. The number of carbonyl (C=O) groups is 1. The molecule has 0 heterocycles. The van der Waals surface area contributed by atoms with Gasteiger partial charge in [-0.2, -0.15) is 0 Å². The van der Waals surface area contributed by atoms with Gasteiger partial charge in [0, 0.05) is 19.6 Å². The Labute approximate surface area is 264 Å². The van der Waals surface area contributed by atoms with Gasteiger partial charge in [-0.05, 0) is 44.9 Å². The van der Waals surface area contributed by atoms with Crippen LogP contribution in [0.5, 0.6) is 0 Å². The molecule has 0 spiro atoms. The second-order valence-corrected chi connectivity index (χ2v) is 12.8. The van der Waals surface area contributed by atoms with E-state index in [9.17, 15) is 14.3 Å². The van der Waals surface area contributed by atoms with Crippen molar-refractivity contribution in [3.05, 3.63) is 24.3 Å². The highest BCUT2D eigenvalue weighted by atomic mass is 31.2. The number of nitrogens with two attached hydrogens (primary N) is 1. The molecule has 0 bridgehead atoms. The van der Waals surface area contributed by atoms with E-state index in [1.54, 1.807) is 0 Å². The number of phosphoric acid groups is 1. The van der Waals surface area contributed by atoms with Crippen molar-refractivity contribution in [3.63, 3.8) is 0 Å². The van der Waals surface area contributed by atoms with E-state index in [4.69, 9.17) is 24.3 Å². The minimum atomic E-state index is -4.26. The van der Waals surface area contributed by atoms with E-state index in [-0.39, 0.29) is 32.3 Å². The fourth-order valence-corrected chi connectivity index (χ4v) is 5.32. The number of esters is 1. The Morgan fingerprint density at radius 1 is 0.698 bits per heavy atom. The number of unbranched alkanes of at least 4 members (excludes halogenated alkanes) is 16. The molecule has 0 radical (unpaired) electrons. The monoisotopic (exact) mass is 631 g/mol. The number of hydrogen-bond acceptors (Lipinski definition) is 7. The standard InChI is InChI=1S/C34H66NO7P/c1-3-5-7-9-11-12-13-14-15-16-17-18-19-20-21-22-24-26-29-39-31-33(32-41-43(37,38)40-30-28-35)42-34(36)27-25-23-10-8-6-4-2/h11-12,14-15,33H,3-10,13,16-32,35H2,1-2H3,(H,37,38)/b12-11-,15-14-. The first-order valence-electron chi connectivity index (χ1n) is 17.3. The Morgan fingerprint density at radius 2 is 1.23 bits per heavy atom. The predicted molar refractivity (Wildman–Crippen MR) is 178 cm³/mol. The molecule has 0 amide bonds. The second-order valence-electron chi connectivity index (χ2n) is 11.4. The quantitative estimate of drug-likeness (QED) is 0.0318. The third kappa shape index (κ3) is 32.2. The molecular formula is C34H66NO7P. The minimum absolute atomic E-state index is 0.0958. The molecule has 254 valence electrons. The van der Waals surface area contributed by atoms with Crippen LogP contribution >= 0.6 is 7.82 Å². The maximum absolute atomic E-state index is 12.3. The Kier molecular flexibility index (Phi) is 31.6. The highest BCUT2D eigenvalue weighted by Gasteiger charge is 2.25. The highest BCUT2D eigenvalue weighted by Crippen LogP contribution is 2.43. The largest absolute Gasteiger partial charge is 0.472 e. The van der Waals surface area contributed by atoms with E-state index < -0.39 is 13.9 Å². The van der Waals surface area contributed by atoms with Gasteiger partial charge < -0.3 is 20.1 Å². The van der Waals surface area contributed by atoms with Crippen molar-refractivity contribution < 1.29 is 32.8 Å². The van der Waals surface area contributed by atoms with Gasteiger partial charge in [0.15, 0.2) is 0 Å². The van der Waals surface area contributed by atoms with Crippen molar-refractivity contribution in [2.24, 2.45) is 5.73 Å². The minimum Gasteiger partial charge on any atom is -0.457 e. The Morgan fingerprint density at radius 3 is 1.86 bits per heavy atom. The maximum Gasteiger partial charge on any atom is 0.472 e. The lowest BCUT2D eigenvalue weighted by molar-refractivity contribution is -0.154. The molecule has 0 aliphatic rings. The molecule has 0 aromatic carbocycles. The molecule has 2 unspecified atom stereocenters. The lowest BCUT2D eigenvalue weighted by atomic mass is 10.1. The van der Waals surface area contributed by atoms with Crippen molar-refractivity contribution in [1.82, 2.24) is 0 Å². The fraction of sp³-hybridized carbons (Fsp3) is 0.853. The molecule has 3 N–H and O–H groups in total. The maximum atomic E-state index is 12.3. The zero-order chi connectivity index (χ0) is 31.7. The van der Waals surface area contributed by atoms with Crippen LogP contribution in [0.3, 0.4) is 0 Å². The normalized spacial score (nSPS) is 14.0. The third-order valence-corrected chi connectivity index (χ3v) is 8.11. The lowest BCUT2D eigenvalue weighted by Gasteiger charge is -2.20. The van der Waals surface area contributed by atoms with Gasteiger partial charge in [-0.1, -0.05) is 122 Å². The van der Waals surface area contributed by atoms with Crippen LogP contribution in [0.25, 0.3) is 0 Å². The van der Waals surface area contributed by atoms with Crippen molar-refractivity contribution in [3.8, 4) is 0 Å². The van der Waals surface area contributed by atoms with Crippen LogP contribution in [0, 0.1) is 0 Å². The van der Waals surface area contributed by atoms with E-state index in [2.05, 4.69) is 38.2 Å². The second kappa shape index (κ2) is 32.4. The van der Waals surface area contributed by atoms with Gasteiger partial charge in [0.1, 0.15) is 6.10 Å². The summed E-state index contributed by atoms with van der Waals surface area (Å²) < 4.78 is 33.0. The van der Waals surface area contributed by atoms with Crippen LogP contribution in [0.1, 0.15) is 149 Å². The molecular weight excluding hydrogens is 565 g/mol. The average molecular weight is 632 g/mol. The van der Waals surface area contributed by atoms with Gasteiger partial charge in [-0.25, -0.2) is 4.57 Å². The van der Waals surface area contributed by atoms with Gasteiger partial charge in [-0.3, -0.25) is 13.8 Å². The first-order chi connectivity index (χ1) is 20.9. The van der Waals surface area contributed by atoms with Crippen LogP contribution in [0.15, 0.2) is 24.3 Å². The molecule has 0 saturated carbocycles. The summed E-state index contributed by atoms with van der Waals surface area (Å²) in [5.41, 5.74) is 5.32. The molecule has 9 heteroatoms. The Bertz CT molecular complexity index is 717. The summed E-state index contributed by atoms with van der Waals surface area (Å²) in [6.07, 6.45) is 32.1. The molecule has 0 aromatic heterocycles. The molecule has 0 fully saturated rings. The van der Waals surface area contributed by atoms with Gasteiger partial charge in [0.25, 0.3) is 0 Å². The zero-order valence-electron chi connectivity index (χ0n) is 27.7. The number of allylic oxidation sites excluding steroid dienone is 4.